The molecule has 0 bridgehead atoms. The van der Waals surface area contributed by atoms with Crippen LogP contribution in [0.15, 0.2) is 47.4 Å². The Morgan fingerprint density at radius 2 is 1.83 bits per heavy atom. The molecule has 2 aromatic heterocycles. The van der Waals surface area contributed by atoms with Crippen molar-refractivity contribution in [2.24, 2.45) is 7.05 Å². The number of carbonyl (C=O) groups excluding carboxylic acids is 1. The third-order valence-corrected chi connectivity index (χ3v) is 3.84. The van der Waals surface area contributed by atoms with Crippen LogP contribution >= 0.6 is 0 Å². The highest BCUT2D eigenvalue weighted by molar-refractivity contribution is 6.04. The van der Waals surface area contributed by atoms with Gasteiger partial charge in [0, 0.05) is 13.1 Å². The Hall–Kier alpha value is -3.22. The zero-order chi connectivity index (χ0) is 17.3. The number of rotatable bonds is 3. The number of carbonyl (C=O) groups is 1. The molecule has 122 valence electrons. The molecule has 7 nitrogen and oxygen atoms in total. The zero-order valence-corrected chi connectivity index (χ0v) is 13.6. The molecule has 0 saturated carbocycles. The lowest BCUT2D eigenvalue weighted by Crippen LogP contribution is -2.32. The maximum absolute atomic E-state index is 12.6. The molecule has 3 aromatic rings. The number of aromatic nitrogens is 4. The van der Waals surface area contributed by atoms with Gasteiger partial charge < -0.3 is 5.32 Å². The Morgan fingerprint density at radius 1 is 1.12 bits per heavy atom. The lowest BCUT2D eigenvalue weighted by molar-refractivity contribution is 0.102. The molecular formula is C17H17N5O2. The van der Waals surface area contributed by atoms with E-state index in [9.17, 15) is 9.59 Å². The van der Waals surface area contributed by atoms with Gasteiger partial charge in [-0.15, -0.1) is 0 Å². The predicted molar refractivity (Wildman–Crippen MR) is 90.5 cm³/mol. The minimum Gasteiger partial charge on any atom is -0.306 e. The third-order valence-electron chi connectivity index (χ3n) is 3.84. The van der Waals surface area contributed by atoms with Gasteiger partial charge in [-0.3, -0.25) is 9.59 Å². The summed E-state index contributed by atoms with van der Waals surface area (Å²) in [7, 11) is 1.53. The fraction of sp³-hybridized carbons (Fsp3) is 0.176. The minimum absolute atomic E-state index is 0.0887. The van der Waals surface area contributed by atoms with E-state index in [1.807, 2.05) is 30.3 Å². The largest absolute Gasteiger partial charge is 0.306 e. The number of aryl methyl sites for hydroxylation is 2. The quantitative estimate of drug-likeness (QED) is 0.797. The second-order valence-electron chi connectivity index (χ2n) is 5.43. The first-order chi connectivity index (χ1) is 11.5. The van der Waals surface area contributed by atoms with Gasteiger partial charge in [0.2, 0.25) is 0 Å². The highest BCUT2D eigenvalue weighted by Gasteiger charge is 2.19. The van der Waals surface area contributed by atoms with Gasteiger partial charge in [0.25, 0.3) is 11.5 Å². The van der Waals surface area contributed by atoms with E-state index < -0.39 is 11.5 Å². The van der Waals surface area contributed by atoms with E-state index in [4.69, 9.17) is 0 Å². The van der Waals surface area contributed by atoms with Gasteiger partial charge in [0.1, 0.15) is 11.4 Å². The van der Waals surface area contributed by atoms with Crippen molar-refractivity contribution >= 4 is 11.7 Å². The van der Waals surface area contributed by atoms with E-state index >= 15 is 0 Å². The fourth-order valence-corrected chi connectivity index (χ4v) is 2.47. The van der Waals surface area contributed by atoms with Crippen molar-refractivity contribution in [1.29, 1.82) is 0 Å². The Morgan fingerprint density at radius 3 is 2.54 bits per heavy atom. The first-order valence-corrected chi connectivity index (χ1v) is 7.44. The molecule has 0 aliphatic rings. The molecule has 0 radical (unpaired) electrons. The fourth-order valence-electron chi connectivity index (χ4n) is 2.47. The van der Waals surface area contributed by atoms with Crippen molar-refractivity contribution in [3.05, 3.63) is 69.8 Å². The van der Waals surface area contributed by atoms with Crippen molar-refractivity contribution in [1.82, 2.24) is 19.6 Å². The van der Waals surface area contributed by atoms with Gasteiger partial charge >= 0.3 is 0 Å². The molecule has 0 unspecified atom stereocenters. The van der Waals surface area contributed by atoms with E-state index in [-0.39, 0.29) is 5.56 Å². The maximum Gasteiger partial charge on any atom is 0.279 e. The number of para-hydroxylation sites is 1. The van der Waals surface area contributed by atoms with Crippen molar-refractivity contribution in [3.63, 3.8) is 0 Å². The molecule has 0 aliphatic carbocycles. The normalized spacial score (nSPS) is 10.6. The van der Waals surface area contributed by atoms with Crippen LogP contribution in [0.5, 0.6) is 0 Å². The van der Waals surface area contributed by atoms with E-state index in [2.05, 4.69) is 15.5 Å². The van der Waals surface area contributed by atoms with E-state index in [1.54, 1.807) is 30.8 Å². The summed E-state index contributed by atoms with van der Waals surface area (Å²) < 4.78 is 2.78. The summed E-state index contributed by atoms with van der Waals surface area (Å²) in [5, 5.41) is 11.1. The Kier molecular flexibility index (Phi) is 3.99. The summed E-state index contributed by atoms with van der Waals surface area (Å²) in [6.07, 6.45) is 1.59. The molecule has 1 amide bonds. The zero-order valence-electron chi connectivity index (χ0n) is 13.6. The number of amides is 1. The van der Waals surface area contributed by atoms with Crippen molar-refractivity contribution in [2.75, 3.05) is 5.32 Å². The molecule has 1 aromatic carbocycles. The lowest BCUT2D eigenvalue weighted by Gasteiger charge is -2.11. The van der Waals surface area contributed by atoms with Gasteiger partial charge in [-0.2, -0.15) is 10.2 Å². The first-order valence-electron chi connectivity index (χ1n) is 7.44. The average molecular weight is 323 g/mol. The average Bonchev–Trinajstić information content (AvgIpc) is 3.02. The lowest BCUT2D eigenvalue weighted by atomic mass is 10.1. The van der Waals surface area contributed by atoms with Gasteiger partial charge in [-0.1, -0.05) is 18.2 Å². The third kappa shape index (κ3) is 2.71. The van der Waals surface area contributed by atoms with E-state index in [1.165, 1.54) is 11.7 Å². The number of anilines is 1. The van der Waals surface area contributed by atoms with Crippen LogP contribution in [0.4, 0.5) is 5.82 Å². The molecule has 1 N–H and O–H groups in total. The first kappa shape index (κ1) is 15.7. The van der Waals surface area contributed by atoms with Gasteiger partial charge in [-0.25, -0.2) is 9.36 Å². The summed E-state index contributed by atoms with van der Waals surface area (Å²) in [6.45, 7) is 3.48. The molecule has 24 heavy (non-hydrogen) atoms. The van der Waals surface area contributed by atoms with Crippen LogP contribution < -0.4 is 10.9 Å². The number of benzene rings is 1. The summed E-state index contributed by atoms with van der Waals surface area (Å²) in [4.78, 5) is 24.9. The molecule has 2 heterocycles. The Bertz CT molecular complexity index is 957. The number of nitrogens with zero attached hydrogens (tertiary/aromatic N) is 4. The van der Waals surface area contributed by atoms with Gasteiger partial charge in [-0.05, 0) is 31.5 Å². The van der Waals surface area contributed by atoms with E-state index in [0.29, 0.717) is 17.1 Å². The van der Waals surface area contributed by atoms with Crippen molar-refractivity contribution in [3.8, 4) is 5.69 Å². The van der Waals surface area contributed by atoms with Crippen LogP contribution in [0.3, 0.4) is 0 Å². The molecule has 0 aliphatic heterocycles. The van der Waals surface area contributed by atoms with Gasteiger partial charge in [0.05, 0.1) is 17.6 Å². The predicted octanol–water partition coefficient (Wildman–Crippen LogP) is 1.84. The van der Waals surface area contributed by atoms with Crippen molar-refractivity contribution in [2.45, 2.75) is 13.8 Å². The van der Waals surface area contributed by atoms with Crippen LogP contribution in [0.1, 0.15) is 21.6 Å². The Balaban J connectivity index is 1.99. The monoisotopic (exact) mass is 323 g/mol. The molecule has 0 fully saturated rings. The second-order valence-corrected chi connectivity index (χ2v) is 5.43. The standard InChI is InChI=1S/C17H17N5O2/c1-11-12(2)20-21(3)17(24)15(11)16(23)19-14-9-10-18-22(14)13-7-5-4-6-8-13/h4-10H,1-3H3,(H,19,23). The molecule has 0 saturated heterocycles. The van der Waals surface area contributed by atoms with Crippen LogP contribution in [-0.4, -0.2) is 25.5 Å². The van der Waals surface area contributed by atoms with Crippen LogP contribution in [0, 0.1) is 13.8 Å². The molecule has 0 spiro atoms. The number of hydrogen-bond acceptors (Lipinski definition) is 4. The maximum atomic E-state index is 12.6. The molecule has 0 atom stereocenters. The van der Waals surface area contributed by atoms with Crippen LogP contribution in [0.2, 0.25) is 0 Å². The van der Waals surface area contributed by atoms with Crippen LogP contribution in [-0.2, 0) is 7.05 Å². The summed E-state index contributed by atoms with van der Waals surface area (Å²) >= 11 is 0. The number of hydrogen-bond donors (Lipinski definition) is 1. The number of nitrogens with one attached hydrogen (secondary N) is 1. The highest BCUT2D eigenvalue weighted by atomic mass is 16.2. The molecular weight excluding hydrogens is 306 g/mol. The smallest absolute Gasteiger partial charge is 0.279 e. The molecule has 7 heteroatoms. The second kappa shape index (κ2) is 6.11. The minimum atomic E-state index is -0.476. The van der Waals surface area contributed by atoms with E-state index in [0.717, 1.165) is 5.69 Å². The van der Waals surface area contributed by atoms with Crippen molar-refractivity contribution < 1.29 is 4.79 Å². The summed E-state index contributed by atoms with van der Waals surface area (Å²) in [6, 6.07) is 11.1. The SMILES string of the molecule is Cc1nn(C)c(=O)c(C(=O)Nc2ccnn2-c2ccccc2)c1C. The summed E-state index contributed by atoms with van der Waals surface area (Å²) in [5.74, 6) is 0.0124. The van der Waals surface area contributed by atoms with Gasteiger partial charge in [0.15, 0.2) is 0 Å². The molecule has 3 rings (SSSR count). The topological polar surface area (TPSA) is 81.8 Å². The Labute approximate surface area is 138 Å². The van der Waals surface area contributed by atoms with Crippen LogP contribution in [0.25, 0.3) is 5.69 Å². The summed E-state index contributed by atoms with van der Waals surface area (Å²) in [5.41, 5.74) is 1.68. The highest BCUT2D eigenvalue weighted by Crippen LogP contribution is 2.16.